The van der Waals surface area contributed by atoms with E-state index in [0.29, 0.717) is 22.8 Å². The van der Waals surface area contributed by atoms with Crippen molar-refractivity contribution >= 4 is 11.8 Å². The summed E-state index contributed by atoms with van der Waals surface area (Å²) >= 11 is 0. The van der Waals surface area contributed by atoms with E-state index in [-0.39, 0.29) is 18.6 Å². The van der Waals surface area contributed by atoms with Gasteiger partial charge in [0.1, 0.15) is 12.4 Å². The van der Waals surface area contributed by atoms with E-state index in [9.17, 15) is 9.59 Å². The van der Waals surface area contributed by atoms with E-state index in [1.54, 1.807) is 36.4 Å². The normalized spacial score (nSPS) is 11.8. The number of carbonyl (C=O) groups is 2. The fourth-order valence-electron chi connectivity index (χ4n) is 2.83. The lowest BCUT2D eigenvalue weighted by atomic mass is 10.0. The number of primary amides is 1. The summed E-state index contributed by atoms with van der Waals surface area (Å²) in [6.07, 6.45) is 0.929. The fourth-order valence-corrected chi connectivity index (χ4v) is 2.83. The van der Waals surface area contributed by atoms with E-state index >= 15 is 0 Å². The molecule has 0 aliphatic rings. The Morgan fingerprint density at radius 3 is 2.50 bits per heavy atom. The first kappa shape index (κ1) is 19.5. The number of amides is 2. The molecule has 26 heavy (non-hydrogen) atoms. The van der Waals surface area contributed by atoms with E-state index in [1.807, 2.05) is 19.1 Å². The Hall–Kier alpha value is -2.82. The van der Waals surface area contributed by atoms with Crippen molar-refractivity contribution in [3.8, 4) is 5.75 Å². The smallest absolute Gasteiger partial charge is 0.252 e. The predicted molar refractivity (Wildman–Crippen MR) is 102 cm³/mol. The van der Waals surface area contributed by atoms with Crippen molar-refractivity contribution in [3.05, 3.63) is 65.2 Å². The molecular formula is C21H26N2O3. The van der Waals surface area contributed by atoms with Gasteiger partial charge in [0.15, 0.2) is 0 Å². The molecule has 0 saturated heterocycles. The van der Waals surface area contributed by atoms with E-state index in [4.69, 9.17) is 10.5 Å². The van der Waals surface area contributed by atoms with Crippen molar-refractivity contribution in [1.29, 1.82) is 0 Å². The van der Waals surface area contributed by atoms with Gasteiger partial charge in [0.25, 0.3) is 11.8 Å². The van der Waals surface area contributed by atoms with Crippen LogP contribution in [0.3, 0.4) is 0 Å². The number of carbonyl (C=O) groups excluding carboxylic acids is 2. The topological polar surface area (TPSA) is 81.4 Å². The molecule has 1 unspecified atom stereocenters. The third-order valence-corrected chi connectivity index (χ3v) is 3.94. The molecule has 0 spiro atoms. The van der Waals surface area contributed by atoms with Crippen LogP contribution in [0.2, 0.25) is 0 Å². The molecule has 0 radical (unpaired) electrons. The molecule has 138 valence electrons. The third kappa shape index (κ3) is 5.62. The van der Waals surface area contributed by atoms with Crippen molar-refractivity contribution in [2.45, 2.75) is 39.8 Å². The zero-order valence-corrected chi connectivity index (χ0v) is 15.5. The summed E-state index contributed by atoms with van der Waals surface area (Å²) in [5, 5.41) is 3.01. The maximum atomic E-state index is 12.4. The van der Waals surface area contributed by atoms with Gasteiger partial charge in [0.2, 0.25) is 0 Å². The first-order chi connectivity index (χ1) is 12.4. The minimum Gasteiger partial charge on any atom is -0.488 e. The second-order valence-corrected chi connectivity index (χ2v) is 6.85. The van der Waals surface area contributed by atoms with Crippen molar-refractivity contribution in [2.75, 3.05) is 0 Å². The SMILES string of the molecule is CC(C)CC(C)NC(=O)c1cccc(COc2ccccc2C(N)=O)c1. The molecule has 2 aromatic carbocycles. The highest BCUT2D eigenvalue weighted by Crippen LogP contribution is 2.19. The molecule has 1 atom stereocenters. The molecule has 2 aromatic rings. The lowest BCUT2D eigenvalue weighted by Gasteiger charge is -2.16. The van der Waals surface area contributed by atoms with Gasteiger partial charge in [-0.15, -0.1) is 0 Å². The molecule has 3 N–H and O–H groups in total. The molecule has 0 saturated carbocycles. The van der Waals surface area contributed by atoms with Crippen molar-refractivity contribution < 1.29 is 14.3 Å². The van der Waals surface area contributed by atoms with Gasteiger partial charge >= 0.3 is 0 Å². The Labute approximate surface area is 154 Å². The van der Waals surface area contributed by atoms with Crippen molar-refractivity contribution in [3.63, 3.8) is 0 Å². The molecule has 0 aromatic heterocycles. The standard InChI is InChI=1S/C21H26N2O3/c1-14(2)11-15(3)23-21(25)17-8-6-7-16(12-17)13-26-19-10-5-4-9-18(19)20(22)24/h4-10,12,14-15H,11,13H2,1-3H3,(H2,22,24)(H,23,25). The minimum absolute atomic E-state index is 0.0995. The predicted octanol–water partition coefficient (Wildman–Crippen LogP) is 3.53. The van der Waals surface area contributed by atoms with Gasteiger partial charge in [-0.1, -0.05) is 38.1 Å². The van der Waals surface area contributed by atoms with Crippen LogP contribution in [-0.2, 0) is 6.61 Å². The number of nitrogens with two attached hydrogens (primary N) is 1. The summed E-state index contributed by atoms with van der Waals surface area (Å²) < 4.78 is 5.72. The molecule has 5 nitrogen and oxygen atoms in total. The molecule has 0 aliphatic carbocycles. The summed E-state index contributed by atoms with van der Waals surface area (Å²) in [5.41, 5.74) is 7.12. The summed E-state index contributed by atoms with van der Waals surface area (Å²) in [7, 11) is 0. The lowest BCUT2D eigenvalue weighted by molar-refractivity contribution is 0.0935. The Bertz CT molecular complexity index is 771. The van der Waals surface area contributed by atoms with Crippen LogP contribution in [0.4, 0.5) is 0 Å². The number of para-hydroxylation sites is 1. The number of hydrogen-bond acceptors (Lipinski definition) is 3. The van der Waals surface area contributed by atoms with Crippen molar-refractivity contribution in [1.82, 2.24) is 5.32 Å². The fraction of sp³-hybridized carbons (Fsp3) is 0.333. The van der Waals surface area contributed by atoms with Gasteiger partial charge in [0.05, 0.1) is 5.56 Å². The number of rotatable bonds is 8. The minimum atomic E-state index is -0.534. The van der Waals surface area contributed by atoms with E-state index in [1.165, 1.54) is 0 Å². The summed E-state index contributed by atoms with van der Waals surface area (Å²) in [5.74, 6) is 0.321. The Morgan fingerprint density at radius 1 is 1.08 bits per heavy atom. The first-order valence-corrected chi connectivity index (χ1v) is 8.78. The van der Waals surface area contributed by atoms with Crippen LogP contribution in [0.5, 0.6) is 5.75 Å². The molecular weight excluding hydrogens is 328 g/mol. The van der Waals surface area contributed by atoms with Crippen LogP contribution >= 0.6 is 0 Å². The van der Waals surface area contributed by atoms with Crippen LogP contribution in [0.15, 0.2) is 48.5 Å². The second kappa shape index (κ2) is 9.04. The van der Waals surface area contributed by atoms with Gasteiger partial charge in [0, 0.05) is 11.6 Å². The summed E-state index contributed by atoms with van der Waals surface area (Å²) in [6.45, 7) is 6.51. The quantitative estimate of drug-likeness (QED) is 0.761. The highest BCUT2D eigenvalue weighted by Gasteiger charge is 2.12. The van der Waals surface area contributed by atoms with Crippen LogP contribution in [0, 0.1) is 5.92 Å². The Kier molecular flexibility index (Phi) is 6.78. The van der Waals surface area contributed by atoms with Gasteiger partial charge in [-0.3, -0.25) is 9.59 Å². The van der Waals surface area contributed by atoms with Crippen LogP contribution < -0.4 is 15.8 Å². The van der Waals surface area contributed by atoms with Gasteiger partial charge in [-0.05, 0) is 49.1 Å². The number of benzene rings is 2. The van der Waals surface area contributed by atoms with Gasteiger partial charge in [-0.25, -0.2) is 0 Å². The molecule has 0 aliphatic heterocycles. The summed E-state index contributed by atoms with van der Waals surface area (Å²) in [4.78, 5) is 23.8. The van der Waals surface area contributed by atoms with Crippen LogP contribution in [0.1, 0.15) is 53.5 Å². The second-order valence-electron chi connectivity index (χ2n) is 6.85. The maximum absolute atomic E-state index is 12.4. The number of ether oxygens (including phenoxy) is 1. The van der Waals surface area contributed by atoms with Gasteiger partial charge in [-0.2, -0.15) is 0 Å². The highest BCUT2D eigenvalue weighted by molar-refractivity contribution is 5.95. The summed E-state index contributed by atoms with van der Waals surface area (Å²) in [6, 6.07) is 14.2. The van der Waals surface area contributed by atoms with Crippen molar-refractivity contribution in [2.24, 2.45) is 11.7 Å². The van der Waals surface area contributed by atoms with Gasteiger partial charge < -0.3 is 15.8 Å². The Balaban J connectivity index is 2.03. The van der Waals surface area contributed by atoms with E-state index < -0.39 is 5.91 Å². The molecule has 0 fully saturated rings. The zero-order valence-electron chi connectivity index (χ0n) is 15.5. The maximum Gasteiger partial charge on any atom is 0.252 e. The monoisotopic (exact) mass is 354 g/mol. The van der Waals surface area contributed by atoms with E-state index in [2.05, 4.69) is 19.2 Å². The average molecular weight is 354 g/mol. The molecule has 2 amide bonds. The molecule has 0 bridgehead atoms. The lowest BCUT2D eigenvalue weighted by Crippen LogP contribution is -2.33. The first-order valence-electron chi connectivity index (χ1n) is 8.78. The third-order valence-electron chi connectivity index (χ3n) is 3.94. The molecule has 0 heterocycles. The zero-order chi connectivity index (χ0) is 19.1. The van der Waals surface area contributed by atoms with E-state index in [0.717, 1.165) is 12.0 Å². The van der Waals surface area contributed by atoms with Crippen LogP contribution in [0.25, 0.3) is 0 Å². The highest BCUT2D eigenvalue weighted by atomic mass is 16.5. The largest absolute Gasteiger partial charge is 0.488 e. The van der Waals surface area contributed by atoms with Crippen LogP contribution in [-0.4, -0.2) is 17.9 Å². The average Bonchev–Trinajstić information content (AvgIpc) is 2.59. The number of hydrogen-bond donors (Lipinski definition) is 2. The molecule has 5 heteroatoms. The molecule has 2 rings (SSSR count). The Morgan fingerprint density at radius 2 is 1.81 bits per heavy atom. The number of nitrogens with one attached hydrogen (secondary N) is 1.